The third kappa shape index (κ3) is 2.81. The van der Waals surface area contributed by atoms with Gasteiger partial charge in [-0.25, -0.2) is 4.68 Å². The van der Waals surface area contributed by atoms with Crippen LogP contribution in [0, 0.1) is 12.8 Å². The fraction of sp³-hybridized carbons (Fsp3) is 0.500. The van der Waals surface area contributed by atoms with Gasteiger partial charge >= 0.3 is 0 Å². The Labute approximate surface area is 147 Å². The minimum atomic E-state index is -0.195. The van der Waals surface area contributed by atoms with Gasteiger partial charge in [0.2, 0.25) is 0 Å². The van der Waals surface area contributed by atoms with Crippen LogP contribution < -0.4 is 5.56 Å². The van der Waals surface area contributed by atoms with E-state index in [2.05, 4.69) is 12.0 Å². The summed E-state index contributed by atoms with van der Waals surface area (Å²) in [6.07, 6.45) is 5.86. The second-order valence-electron chi connectivity index (χ2n) is 7.59. The van der Waals surface area contributed by atoms with Crippen molar-refractivity contribution in [1.82, 2.24) is 14.7 Å². The summed E-state index contributed by atoms with van der Waals surface area (Å²) in [5, 5.41) is 3.02. The number of carbonyl (C=O) groups is 1. The number of aryl methyl sites for hydroxylation is 1. The zero-order valence-corrected chi connectivity index (χ0v) is 14.9. The molecule has 2 aromatic rings. The van der Waals surface area contributed by atoms with Gasteiger partial charge in [0.15, 0.2) is 0 Å². The molecule has 0 bridgehead atoms. The second-order valence-corrected chi connectivity index (χ2v) is 7.59. The van der Waals surface area contributed by atoms with Crippen molar-refractivity contribution >= 4 is 5.91 Å². The number of likely N-dealkylation sites (tertiary alicyclic amines) is 1. The van der Waals surface area contributed by atoms with Crippen LogP contribution in [0.5, 0.6) is 0 Å². The molecule has 1 aromatic carbocycles. The molecule has 2 aliphatic rings. The molecule has 0 unspecified atom stereocenters. The fourth-order valence-corrected chi connectivity index (χ4v) is 4.59. The van der Waals surface area contributed by atoms with Gasteiger partial charge in [-0.05, 0) is 51.2 Å². The van der Waals surface area contributed by atoms with E-state index in [1.165, 1.54) is 30.0 Å². The zero-order chi connectivity index (χ0) is 17.6. The average Bonchev–Trinajstić information content (AvgIpc) is 3.14. The van der Waals surface area contributed by atoms with Crippen LogP contribution in [0.2, 0.25) is 0 Å². The van der Waals surface area contributed by atoms with Gasteiger partial charge < -0.3 is 4.90 Å². The van der Waals surface area contributed by atoms with Crippen molar-refractivity contribution < 1.29 is 4.79 Å². The van der Waals surface area contributed by atoms with E-state index in [0.717, 1.165) is 24.1 Å². The molecule has 0 spiro atoms. The predicted octanol–water partition coefficient (Wildman–Crippen LogP) is 3.27. The van der Waals surface area contributed by atoms with Gasteiger partial charge in [-0.3, -0.25) is 14.7 Å². The molecular formula is C20H25N3O2. The van der Waals surface area contributed by atoms with Gasteiger partial charge in [0.05, 0.1) is 5.69 Å². The molecule has 1 aliphatic carbocycles. The van der Waals surface area contributed by atoms with Gasteiger partial charge in [0.25, 0.3) is 11.5 Å². The minimum Gasteiger partial charge on any atom is -0.331 e. The Morgan fingerprint density at radius 3 is 2.64 bits per heavy atom. The molecule has 1 saturated carbocycles. The molecular weight excluding hydrogens is 314 g/mol. The quantitative estimate of drug-likeness (QED) is 0.913. The number of hydrogen-bond donors (Lipinski definition) is 1. The van der Waals surface area contributed by atoms with Crippen molar-refractivity contribution in [3.63, 3.8) is 0 Å². The number of nitrogens with zero attached hydrogens (tertiary/aromatic N) is 2. The maximum absolute atomic E-state index is 13.1. The highest BCUT2D eigenvalue weighted by molar-refractivity contribution is 5.93. The summed E-state index contributed by atoms with van der Waals surface area (Å²) in [4.78, 5) is 27.5. The highest BCUT2D eigenvalue weighted by Gasteiger charge is 2.43. The van der Waals surface area contributed by atoms with Crippen LogP contribution >= 0.6 is 0 Å². The van der Waals surface area contributed by atoms with Crippen molar-refractivity contribution in [2.45, 2.75) is 58.0 Å². The summed E-state index contributed by atoms with van der Waals surface area (Å²) >= 11 is 0. The zero-order valence-electron chi connectivity index (χ0n) is 14.9. The molecule has 132 valence electrons. The van der Waals surface area contributed by atoms with E-state index < -0.39 is 0 Å². The molecule has 1 N–H and O–H groups in total. The molecule has 1 aliphatic heterocycles. The van der Waals surface area contributed by atoms with E-state index in [1.807, 2.05) is 36.1 Å². The van der Waals surface area contributed by atoms with E-state index in [4.69, 9.17) is 0 Å². The van der Waals surface area contributed by atoms with Crippen molar-refractivity contribution in [1.29, 1.82) is 0 Å². The Bertz CT molecular complexity index is 833. The molecule has 5 heteroatoms. The van der Waals surface area contributed by atoms with Gasteiger partial charge in [-0.1, -0.05) is 30.5 Å². The maximum Gasteiger partial charge on any atom is 0.272 e. The Hall–Kier alpha value is -2.30. The molecule has 3 atom stereocenters. The molecule has 1 saturated heterocycles. The molecule has 25 heavy (non-hydrogen) atoms. The first kappa shape index (κ1) is 16.2. The molecule has 5 nitrogen and oxygen atoms in total. The van der Waals surface area contributed by atoms with Crippen LogP contribution in [-0.2, 0) is 0 Å². The molecule has 0 radical (unpaired) electrons. The number of amides is 1. The standard InChI is InChI=1S/C20H25N3O2/c1-13-7-9-16(10-8-13)23-19(24)12-17(21-23)20(25)22-14(2)11-15-5-3-4-6-18(15)22/h7-10,12,14-15,18,21H,3-6,11H2,1-2H3/t14-,15+,18+/m1/s1. The lowest BCUT2D eigenvalue weighted by molar-refractivity contribution is 0.0627. The summed E-state index contributed by atoms with van der Waals surface area (Å²) in [7, 11) is 0. The maximum atomic E-state index is 13.1. The van der Waals surface area contributed by atoms with Crippen LogP contribution in [0.4, 0.5) is 0 Å². The first-order valence-electron chi connectivity index (χ1n) is 9.26. The van der Waals surface area contributed by atoms with Crippen molar-refractivity contribution in [2.24, 2.45) is 5.92 Å². The molecule has 2 heterocycles. The van der Waals surface area contributed by atoms with Crippen molar-refractivity contribution in [3.05, 3.63) is 51.9 Å². The summed E-state index contributed by atoms with van der Waals surface area (Å²) in [5.74, 6) is 0.587. The number of fused-ring (bicyclic) bond motifs is 1. The monoisotopic (exact) mass is 339 g/mol. The molecule has 2 fully saturated rings. The van der Waals surface area contributed by atoms with Crippen LogP contribution in [0.3, 0.4) is 0 Å². The largest absolute Gasteiger partial charge is 0.331 e. The van der Waals surface area contributed by atoms with Crippen molar-refractivity contribution in [3.8, 4) is 5.69 Å². The Kier molecular flexibility index (Phi) is 4.02. The van der Waals surface area contributed by atoms with E-state index in [9.17, 15) is 9.59 Å². The number of benzene rings is 1. The van der Waals surface area contributed by atoms with Gasteiger partial charge in [-0.2, -0.15) is 0 Å². The van der Waals surface area contributed by atoms with Crippen LogP contribution in [0.15, 0.2) is 35.1 Å². The van der Waals surface area contributed by atoms with E-state index >= 15 is 0 Å². The van der Waals surface area contributed by atoms with Crippen LogP contribution in [0.25, 0.3) is 5.69 Å². The smallest absolute Gasteiger partial charge is 0.272 e. The molecule has 4 rings (SSSR count). The first-order valence-corrected chi connectivity index (χ1v) is 9.26. The second kappa shape index (κ2) is 6.21. The molecule has 1 amide bonds. The molecule has 1 aromatic heterocycles. The minimum absolute atomic E-state index is 0.0372. The SMILES string of the molecule is Cc1ccc(-n2[nH]c(C(=O)N3[C@H](C)C[C@@H]4CCCC[C@@H]43)cc2=O)cc1. The summed E-state index contributed by atoms with van der Waals surface area (Å²) in [6.45, 7) is 4.14. The summed E-state index contributed by atoms with van der Waals surface area (Å²) in [6, 6.07) is 9.70. The lowest BCUT2D eigenvalue weighted by atomic mass is 9.85. The fourth-order valence-electron chi connectivity index (χ4n) is 4.59. The van der Waals surface area contributed by atoms with Gasteiger partial charge in [0, 0.05) is 18.2 Å². The van der Waals surface area contributed by atoms with Crippen LogP contribution in [-0.4, -0.2) is 32.7 Å². The van der Waals surface area contributed by atoms with Crippen LogP contribution in [0.1, 0.15) is 55.1 Å². The number of hydrogen-bond acceptors (Lipinski definition) is 2. The Morgan fingerprint density at radius 2 is 1.88 bits per heavy atom. The first-order chi connectivity index (χ1) is 12.0. The van der Waals surface area contributed by atoms with Crippen molar-refractivity contribution in [2.75, 3.05) is 0 Å². The third-order valence-electron chi connectivity index (χ3n) is 5.82. The van der Waals surface area contributed by atoms with E-state index in [1.54, 1.807) is 0 Å². The number of rotatable bonds is 2. The third-order valence-corrected chi connectivity index (χ3v) is 5.82. The normalized spacial score (nSPS) is 25.8. The number of H-pyrrole nitrogens is 1. The summed E-state index contributed by atoms with van der Waals surface area (Å²) in [5.41, 5.74) is 2.08. The lowest BCUT2D eigenvalue weighted by Gasteiger charge is -2.32. The predicted molar refractivity (Wildman–Crippen MR) is 97.1 cm³/mol. The topological polar surface area (TPSA) is 58.1 Å². The number of nitrogens with one attached hydrogen (secondary N) is 1. The Balaban J connectivity index is 1.64. The highest BCUT2D eigenvalue weighted by Crippen LogP contribution is 2.40. The van der Waals surface area contributed by atoms with E-state index in [-0.39, 0.29) is 17.5 Å². The lowest BCUT2D eigenvalue weighted by Crippen LogP contribution is -2.42. The van der Waals surface area contributed by atoms with E-state index in [0.29, 0.717) is 17.7 Å². The van der Waals surface area contributed by atoms with Gasteiger partial charge in [-0.15, -0.1) is 0 Å². The number of carbonyl (C=O) groups excluding carboxylic acids is 1. The number of aromatic nitrogens is 2. The Morgan fingerprint density at radius 1 is 1.16 bits per heavy atom. The summed E-state index contributed by atoms with van der Waals surface area (Å²) < 4.78 is 1.45. The average molecular weight is 339 g/mol. The highest BCUT2D eigenvalue weighted by atomic mass is 16.2. The number of aromatic amines is 1. The van der Waals surface area contributed by atoms with Gasteiger partial charge in [0.1, 0.15) is 5.69 Å².